The predicted octanol–water partition coefficient (Wildman–Crippen LogP) is 5.36. The molecule has 1 aromatic heterocycles. The van der Waals surface area contributed by atoms with Gasteiger partial charge in [0.05, 0.1) is 16.1 Å². The normalized spacial score (nSPS) is 11.3. The molecule has 0 spiro atoms. The standard InChI is InChI=1S/C23H18BrN3O3S/c1-15-7-9-20(24)22(12-15)27-31(29,30)19-6-2-4-17(14-19)23(28)26-18-8-10-21-16(13-18)5-3-11-25-21/h2-14,27H,1H3,(H,26,28). The smallest absolute Gasteiger partial charge is 0.261 e. The molecule has 0 radical (unpaired) electrons. The Morgan fingerprint density at radius 3 is 2.65 bits per heavy atom. The molecule has 8 heteroatoms. The van der Waals surface area contributed by atoms with Gasteiger partial charge in [0.15, 0.2) is 0 Å². The second-order valence-corrected chi connectivity index (χ2v) is 9.52. The second-order valence-electron chi connectivity index (χ2n) is 6.98. The lowest BCUT2D eigenvalue weighted by molar-refractivity contribution is 0.102. The number of aromatic nitrogens is 1. The number of aryl methyl sites for hydroxylation is 1. The Morgan fingerprint density at radius 1 is 0.968 bits per heavy atom. The molecule has 6 nitrogen and oxygen atoms in total. The molecule has 0 unspecified atom stereocenters. The summed E-state index contributed by atoms with van der Waals surface area (Å²) in [6.45, 7) is 1.87. The first-order valence-corrected chi connectivity index (χ1v) is 11.6. The summed E-state index contributed by atoms with van der Waals surface area (Å²) in [5, 5.41) is 3.70. The summed E-state index contributed by atoms with van der Waals surface area (Å²) in [5.74, 6) is -0.406. The molecule has 0 aliphatic carbocycles. The van der Waals surface area contributed by atoms with Gasteiger partial charge in [-0.25, -0.2) is 8.42 Å². The highest BCUT2D eigenvalue weighted by Gasteiger charge is 2.18. The van der Waals surface area contributed by atoms with Crippen molar-refractivity contribution < 1.29 is 13.2 Å². The van der Waals surface area contributed by atoms with E-state index in [1.807, 2.05) is 37.3 Å². The maximum Gasteiger partial charge on any atom is 0.261 e. The predicted molar refractivity (Wildman–Crippen MR) is 126 cm³/mol. The molecule has 1 amide bonds. The molecule has 0 bridgehead atoms. The van der Waals surface area contributed by atoms with Crippen molar-refractivity contribution in [3.8, 4) is 0 Å². The molecule has 0 saturated carbocycles. The fourth-order valence-corrected chi connectivity index (χ4v) is 4.68. The number of sulfonamides is 1. The summed E-state index contributed by atoms with van der Waals surface area (Å²) in [7, 11) is -3.88. The molecule has 156 valence electrons. The fourth-order valence-electron chi connectivity index (χ4n) is 3.08. The van der Waals surface area contributed by atoms with E-state index in [1.54, 1.807) is 36.5 Å². The number of hydrogen-bond donors (Lipinski definition) is 2. The van der Waals surface area contributed by atoms with E-state index in [2.05, 4.69) is 31.0 Å². The maximum absolute atomic E-state index is 12.9. The topological polar surface area (TPSA) is 88.2 Å². The van der Waals surface area contributed by atoms with Crippen molar-refractivity contribution in [3.63, 3.8) is 0 Å². The van der Waals surface area contributed by atoms with Crippen LogP contribution in [0.1, 0.15) is 15.9 Å². The third kappa shape index (κ3) is 4.76. The molecular weight excluding hydrogens is 478 g/mol. The second kappa shape index (κ2) is 8.49. The zero-order valence-corrected chi connectivity index (χ0v) is 18.9. The number of pyridine rings is 1. The van der Waals surface area contributed by atoms with Crippen molar-refractivity contribution in [1.82, 2.24) is 4.98 Å². The van der Waals surface area contributed by atoms with E-state index in [-0.39, 0.29) is 10.5 Å². The zero-order valence-electron chi connectivity index (χ0n) is 16.5. The molecule has 4 rings (SSSR count). The number of hydrogen-bond acceptors (Lipinski definition) is 4. The molecule has 0 aliphatic rings. The summed E-state index contributed by atoms with van der Waals surface area (Å²) in [6, 6.07) is 20.4. The van der Waals surface area contributed by atoms with Crippen LogP contribution in [0, 0.1) is 6.92 Å². The van der Waals surface area contributed by atoms with Gasteiger partial charge < -0.3 is 5.32 Å². The van der Waals surface area contributed by atoms with Crippen molar-refractivity contribution in [2.24, 2.45) is 0 Å². The van der Waals surface area contributed by atoms with Crippen molar-refractivity contribution in [3.05, 3.63) is 94.6 Å². The Morgan fingerprint density at radius 2 is 1.81 bits per heavy atom. The Hall–Kier alpha value is -3.23. The van der Waals surface area contributed by atoms with E-state index in [4.69, 9.17) is 0 Å². The van der Waals surface area contributed by atoms with Crippen LogP contribution in [0.5, 0.6) is 0 Å². The number of rotatable bonds is 5. The summed E-state index contributed by atoms with van der Waals surface area (Å²) >= 11 is 3.35. The van der Waals surface area contributed by atoms with Crippen LogP contribution in [0.4, 0.5) is 11.4 Å². The van der Waals surface area contributed by atoms with Crippen LogP contribution in [0.2, 0.25) is 0 Å². The van der Waals surface area contributed by atoms with E-state index in [0.717, 1.165) is 16.5 Å². The van der Waals surface area contributed by atoms with Gasteiger partial charge in [-0.05, 0) is 83.0 Å². The largest absolute Gasteiger partial charge is 0.322 e. The number of amides is 1. The first-order valence-electron chi connectivity index (χ1n) is 9.37. The molecule has 0 atom stereocenters. The zero-order chi connectivity index (χ0) is 22.0. The average molecular weight is 496 g/mol. The molecule has 31 heavy (non-hydrogen) atoms. The average Bonchev–Trinajstić information content (AvgIpc) is 2.76. The minimum atomic E-state index is -3.88. The number of fused-ring (bicyclic) bond motifs is 1. The molecule has 3 aromatic carbocycles. The molecule has 0 aliphatic heterocycles. The van der Waals surface area contributed by atoms with Crippen LogP contribution >= 0.6 is 15.9 Å². The molecular formula is C23H18BrN3O3S. The molecule has 4 aromatic rings. The van der Waals surface area contributed by atoms with Gasteiger partial charge in [-0.1, -0.05) is 18.2 Å². The van der Waals surface area contributed by atoms with Gasteiger partial charge in [-0.2, -0.15) is 0 Å². The van der Waals surface area contributed by atoms with Crippen LogP contribution < -0.4 is 10.0 Å². The highest BCUT2D eigenvalue weighted by Crippen LogP contribution is 2.26. The summed E-state index contributed by atoms with van der Waals surface area (Å²) < 4.78 is 28.9. The lowest BCUT2D eigenvalue weighted by Crippen LogP contribution is -2.16. The van der Waals surface area contributed by atoms with Crippen molar-refractivity contribution >= 4 is 54.1 Å². The van der Waals surface area contributed by atoms with Crippen molar-refractivity contribution in [2.75, 3.05) is 10.0 Å². The van der Waals surface area contributed by atoms with Crippen LogP contribution in [-0.2, 0) is 10.0 Å². The monoisotopic (exact) mass is 495 g/mol. The number of anilines is 2. The van der Waals surface area contributed by atoms with E-state index in [1.165, 1.54) is 12.1 Å². The summed E-state index contributed by atoms with van der Waals surface area (Å²) in [4.78, 5) is 17.0. The number of carbonyl (C=O) groups excluding carboxylic acids is 1. The third-order valence-corrected chi connectivity index (χ3v) is 6.69. The first kappa shape index (κ1) is 21.0. The molecule has 1 heterocycles. The van der Waals surface area contributed by atoms with Crippen LogP contribution in [0.3, 0.4) is 0 Å². The Labute approximate surface area is 188 Å². The Bertz CT molecular complexity index is 1400. The molecule has 2 N–H and O–H groups in total. The minimum absolute atomic E-state index is 0.00346. The Balaban J connectivity index is 1.57. The van der Waals surface area contributed by atoms with Crippen molar-refractivity contribution in [2.45, 2.75) is 11.8 Å². The Kier molecular flexibility index (Phi) is 5.75. The van der Waals surface area contributed by atoms with Crippen LogP contribution in [0.15, 0.2) is 88.4 Å². The van der Waals surface area contributed by atoms with Crippen molar-refractivity contribution in [1.29, 1.82) is 0 Å². The van der Waals surface area contributed by atoms with Gasteiger partial charge in [-0.15, -0.1) is 0 Å². The summed E-state index contributed by atoms with van der Waals surface area (Å²) in [5.41, 5.74) is 3.00. The number of nitrogens with one attached hydrogen (secondary N) is 2. The lowest BCUT2D eigenvalue weighted by atomic mass is 10.1. The summed E-state index contributed by atoms with van der Waals surface area (Å²) in [6.07, 6.45) is 1.70. The quantitative estimate of drug-likeness (QED) is 0.390. The van der Waals surface area contributed by atoms with E-state index in [0.29, 0.717) is 15.8 Å². The number of halogens is 1. The van der Waals surface area contributed by atoms with Gasteiger partial charge in [0, 0.05) is 27.3 Å². The number of nitrogens with zero attached hydrogens (tertiary/aromatic N) is 1. The third-order valence-electron chi connectivity index (χ3n) is 4.63. The highest BCUT2D eigenvalue weighted by atomic mass is 79.9. The highest BCUT2D eigenvalue weighted by molar-refractivity contribution is 9.10. The van der Waals surface area contributed by atoms with Gasteiger partial charge in [0.1, 0.15) is 0 Å². The minimum Gasteiger partial charge on any atom is -0.322 e. The fraction of sp³-hybridized carbons (Fsp3) is 0.0435. The van der Waals surface area contributed by atoms with Gasteiger partial charge >= 0.3 is 0 Å². The SMILES string of the molecule is Cc1ccc(Br)c(NS(=O)(=O)c2cccc(C(=O)Nc3ccc4ncccc4c3)c2)c1. The van der Waals surface area contributed by atoms with Gasteiger partial charge in [-0.3, -0.25) is 14.5 Å². The lowest BCUT2D eigenvalue weighted by Gasteiger charge is -2.12. The van der Waals surface area contributed by atoms with Gasteiger partial charge in [0.25, 0.3) is 15.9 Å². The van der Waals surface area contributed by atoms with E-state index < -0.39 is 15.9 Å². The van der Waals surface area contributed by atoms with E-state index in [9.17, 15) is 13.2 Å². The van der Waals surface area contributed by atoms with E-state index >= 15 is 0 Å². The van der Waals surface area contributed by atoms with Crippen LogP contribution in [0.25, 0.3) is 10.9 Å². The first-order chi connectivity index (χ1) is 14.8. The van der Waals surface area contributed by atoms with Crippen LogP contribution in [-0.4, -0.2) is 19.3 Å². The molecule has 0 fully saturated rings. The molecule has 0 saturated heterocycles. The maximum atomic E-state index is 12.9. The number of carbonyl (C=O) groups is 1. The number of benzene rings is 3. The van der Waals surface area contributed by atoms with Gasteiger partial charge in [0.2, 0.25) is 0 Å².